The zero-order valence-electron chi connectivity index (χ0n) is 7.19. The number of carbonyl (C=O) groups is 1. The Labute approximate surface area is 81.9 Å². The number of hydrogen-bond donors (Lipinski definition) is 0. The van der Waals surface area contributed by atoms with Crippen LogP contribution in [0.15, 0.2) is 28.6 Å². The van der Waals surface area contributed by atoms with Crippen molar-refractivity contribution >= 4 is 18.4 Å². The molecule has 0 bridgehead atoms. The summed E-state index contributed by atoms with van der Waals surface area (Å²) >= 11 is 4.47. The molecule has 1 rings (SSSR count). The maximum absolute atomic E-state index is 11.0. The number of hydrogen-bond acceptors (Lipinski definition) is 4. The molecule has 0 saturated heterocycles. The van der Waals surface area contributed by atoms with Gasteiger partial charge in [0, 0.05) is 12.4 Å². The standard InChI is InChI=1S/C9H9NO2S/c1-12-9(11)8-4-2-7(3-5-8)6-10-13/h2-5H,6H2,1H3. The zero-order chi connectivity index (χ0) is 9.68. The van der Waals surface area contributed by atoms with Gasteiger partial charge in [0.2, 0.25) is 0 Å². The van der Waals surface area contributed by atoms with Crippen LogP contribution in [0.5, 0.6) is 0 Å². The van der Waals surface area contributed by atoms with E-state index in [9.17, 15) is 4.79 Å². The molecule has 0 aliphatic heterocycles. The van der Waals surface area contributed by atoms with Crippen molar-refractivity contribution in [2.24, 2.45) is 4.36 Å². The first-order chi connectivity index (χ1) is 6.27. The summed E-state index contributed by atoms with van der Waals surface area (Å²) in [7, 11) is 1.36. The van der Waals surface area contributed by atoms with E-state index in [1.807, 2.05) is 12.1 Å². The summed E-state index contributed by atoms with van der Waals surface area (Å²) in [4.78, 5) is 11.0. The van der Waals surface area contributed by atoms with Gasteiger partial charge < -0.3 is 4.74 Å². The predicted octanol–water partition coefficient (Wildman–Crippen LogP) is 1.70. The molecule has 0 aliphatic rings. The topological polar surface area (TPSA) is 38.7 Å². The molecule has 0 unspecified atom stereocenters. The van der Waals surface area contributed by atoms with Crippen LogP contribution in [0.1, 0.15) is 15.9 Å². The highest BCUT2D eigenvalue weighted by Gasteiger charge is 2.03. The van der Waals surface area contributed by atoms with Crippen LogP contribution in [0.2, 0.25) is 0 Å². The Morgan fingerprint density at radius 1 is 1.46 bits per heavy atom. The van der Waals surface area contributed by atoms with Crippen molar-refractivity contribution in [1.82, 2.24) is 0 Å². The minimum Gasteiger partial charge on any atom is -0.465 e. The Bertz CT molecular complexity index is 308. The van der Waals surface area contributed by atoms with E-state index in [0.717, 1.165) is 5.56 Å². The van der Waals surface area contributed by atoms with Gasteiger partial charge in [0.15, 0.2) is 0 Å². The van der Waals surface area contributed by atoms with Crippen LogP contribution < -0.4 is 0 Å². The lowest BCUT2D eigenvalue weighted by atomic mass is 10.1. The Kier molecular flexibility index (Phi) is 3.52. The van der Waals surface area contributed by atoms with Gasteiger partial charge in [-0.3, -0.25) is 0 Å². The first kappa shape index (κ1) is 9.80. The summed E-state index contributed by atoms with van der Waals surface area (Å²) in [5, 5.41) is 0. The molecule has 3 nitrogen and oxygen atoms in total. The van der Waals surface area contributed by atoms with Crippen molar-refractivity contribution < 1.29 is 9.53 Å². The number of nitrogens with zero attached hydrogens (tertiary/aromatic N) is 1. The van der Waals surface area contributed by atoms with Gasteiger partial charge >= 0.3 is 5.97 Å². The van der Waals surface area contributed by atoms with E-state index in [2.05, 4.69) is 21.5 Å². The normalized spacial score (nSPS) is 9.31. The minimum atomic E-state index is -0.332. The molecule has 0 spiro atoms. The second kappa shape index (κ2) is 4.67. The molecule has 68 valence electrons. The lowest BCUT2D eigenvalue weighted by molar-refractivity contribution is 0.0600. The molecule has 0 saturated carbocycles. The molecular weight excluding hydrogens is 186 g/mol. The van der Waals surface area contributed by atoms with E-state index in [1.165, 1.54) is 7.11 Å². The zero-order valence-corrected chi connectivity index (χ0v) is 8.00. The average Bonchev–Trinajstić information content (AvgIpc) is 2.18. The van der Waals surface area contributed by atoms with E-state index >= 15 is 0 Å². The highest BCUT2D eigenvalue weighted by molar-refractivity contribution is 7.47. The molecular formula is C9H9NO2S. The third-order valence-corrected chi connectivity index (χ3v) is 1.75. The van der Waals surface area contributed by atoms with Crippen LogP contribution in [0, 0.1) is 0 Å². The molecule has 0 fully saturated rings. The van der Waals surface area contributed by atoms with Crippen LogP contribution in [-0.2, 0) is 23.7 Å². The second-order valence-electron chi connectivity index (χ2n) is 2.48. The smallest absolute Gasteiger partial charge is 0.337 e. The van der Waals surface area contributed by atoms with Gasteiger partial charge in [-0.2, -0.15) is 0 Å². The Hall–Kier alpha value is -1.29. The molecule has 0 atom stereocenters. The molecule has 0 amide bonds. The number of esters is 1. The molecule has 0 aromatic heterocycles. The van der Waals surface area contributed by atoms with Crippen molar-refractivity contribution in [3.05, 3.63) is 35.4 Å². The van der Waals surface area contributed by atoms with Gasteiger partial charge in [-0.15, -0.1) is 0 Å². The van der Waals surface area contributed by atoms with Gasteiger partial charge in [0.1, 0.15) is 0 Å². The highest BCUT2D eigenvalue weighted by atomic mass is 32.1. The largest absolute Gasteiger partial charge is 0.465 e. The summed E-state index contributed by atoms with van der Waals surface area (Å²) < 4.78 is 8.12. The van der Waals surface area contributed by atoms with Gasteiger partial charge in [0.25, 0.3) is 0 Å². The lowest BCUT2D eigenvalue weighted by Crippen LogP contribution is -2.00. The second-order valence-corrected chi connectivity index (χ2v) is 2.73. The van der Waals surface area contributed by atoms with E-state index < -0.39 is 0 Å². The summed E-state index contributed by atoms with van der Waals surface area (Å²) in [5.74, 6) is -0.332. The van der Waals surface area contributed by atoms with Gasteiger partial charge in [0.05, 0.1) is 19.2 Å². The maximum atomic E-state index is 11.0. The molecule has 0 aliphatic carbocycles. The molecule has 1 aromatic rings. The van der Waals surface area contributed by atoms with Crippen molar-refractivity contribution in [2.45, 2.75) is 6.54 Å². The fraction of sp³-hybridized carbons (Fsp3) is 0.222. The van der Waals surface area contributed by atoms with E-state index in [4.69, 9.17) is 0 Å². The first-order valence-electron chi connectivity index (χ1n) is 3.74. The first-order valence-corrected chi connectivity index (χ1v) is 4.11. The minimum absolute atomic E-state index is 0.332. The van der Waals surface area contributed by atoms with Crippen molar-refractivity contribution in [3.8, 4) is 0 Å². The van der Waals surface area contributed by atoms with E-state index in [1.54, 1.807) is 12.1 Å². The quantitative estimate of drug-likeness (QED) is 0.689. The molecule has 0 N–H and O–H groups in total. The predicted molar refractivity (Wildman–Crippen MR) is 51.3 cm³/mol. The molecule has 0 radical (unpaired) electrons. The monoisotopic (exact) mass is 195 g/mol. The summed E-state index contributed by atoms with van der Waals surface area (Å²) in [5.41, 5.74) is 1.53. The van der Waals surface area contributed by atoms with E-state index in [0.29, 0.717) is 12.1 Å². The van der Waals surface area contributed by atoms with Crippen molar-refractivity contribution in [2.75, 3.05) is 7.11 Å². The van der Waals surface area contributed by atoms with Gasteiger partial charge in [-0.1, -0.05) is 12.1 Å². The number of carbonyl (C=O) groups excluding carboxylic acids is 1. The van der Waals surface area contributed by atoms with Crippen LogP contribution >= 0.6 is 0 Å². The SMILES string of the molecule is COC(=O)c1ccc(CN=S)cc1. The average molecular weight is 195 g/mol. The van der Waals surface area contributed by atoms with Crippen LogP contribution in [0.4, 0.5) is 0 Å². The van der Waals surface area contributed by atoms with Crippen LogP contribution in [0.3, 0.4) is 0 Å². The van der Waals surface area contributed by atoms with Crippen LogP contribution in [0.25, 0.3) is 0 Å². The summed E-state index contributed by atoms with van der Waals surface area (Å²) in [6.45, 7) is 0.497. The molecule has 4 heteroatoms. The molecule has 1 aromatic carbocycles. The van der Waals surface area contributed by atoms with Gasteiger partial charge in [-0.25, -0.2) is 9.16 Å². The number of methoxy groups -OCH3 is 1. The summed E-state index contributed by atoms with van der Waals surface area (Å²) in [6, 6.07) is 7.01. The third kappa shape index (κ3) is 2.59. The molecule has 0 heterocycles. The van der Waals surface area contributed by atoms with Crippen molar-refractivity contribution in [1.29, 1.82) is 0 Å². The maximum Gasteiger partial charge on any atom is 0.337 e. The fourth-order valence-electron chi connectivity index (χ4n) is 0.939. The summed E-state index contributed by atoms with van der Waals surface area (Å²) in [6.07, 6.45) is 0. The Balaban J connectivity index is 2.80. The Morgan fingerprint density at radius 2 is 2.08 bits per heavy atom. The number of ether oxygens (including phenoxy) is 1. The Morgan fingerprint density at radius 3 is 2.54 bits per heavy atom. The van der Waals surface area contributed by atoms with Gasteiger partial charge in [-0.05, 0) is 17.7 Å². The number of benzene rings is 1. The van der Waals surface area contributed by atoms with Crippen molar-refractivity contribution in [3.63, 3.8) is 0 Å². The lowest BCUT2D eigenvalue weighted by Gasteiger charge is -1.99. The molecule has 13 heavy (non-hydrogen) atoms. The van der Waals surface area contributed by atoms with E-state index in [-0.39, 0.29) is 5.97 Å². The number of rotatable bonds is 3. The third-order valence-electron chi connectivity index (χ3n) is 1.62. The highest BCUT2D eigenvalue weighted by Crippen LogP contribution is 2.06. The fourth-order valence-corrected chi connectivity index (χ4v) is 1.09. The van der Waals surface area contributed by atoms with Crippen LogP contribution in [-0.4, -0.2) is 13.1 Å².